The molecule has 31 heavy (non-hydrogen) atoms. The number of unbranched alkanes of at least 4 members (excludes halogenated alkanes) is 13. The van der Waals surface area contributed by atoms with Gasteiger partial charge in [0.2, 0.25) is 0 Å². The molecule has 3 N–H and O–H groups in total. The zero-order chi connectivity index (χ0) is 23.6. The van der Waals surface area contributed by atoms with Gasteiger partial charge in [0.05, 0.1) is 33.2 Å². The van der Waals surface area contributed by atoms with E-state index < -0.39 is 8.80 Å². The summed E-state index contributed by atoms with van der Waals surface area (Å²) in [7, 11) is 4.85. The van der Waals surface area contributed by atoms with E-state index in [1.165, 1.54) is 96.3 Å². The molecule has 0 fully saturated rings. The molecule has 0 saturated heterocycles. The molecule has 5 nitrogen and oxygen atoms in total. The van der Waals surface area contributed by atoms with Gasteiger partial charge in [0.1, 0.15) is 0 Å². The minimum atomic E-state index is -3.89. The zero-order valence-electron chi connectivity index (χ0n) is 21.7. The third-order valence-corrected chi connectivity index (χ3v) is 7.63. The first kappa shape index (κ1) is 31.0. The Balaban J connectivity index is 3.75. The lowest BCUT2D eigenvalue weighted by molar-refractivity contribution is -0.892. The Bertz CT molecular complexity index is 401. The Labute approximate surface area is 195 Å². The first-order valence-corrected chi connectivity index (χ1v) is 15.3. The topological polar surface area (TPSA) is 63.9 Å². The highest BCUT2D eigenvalue weighted by Gasteiger charge is 2.29. The summed E-state index contributed by atoms with van der Waals surface area (Å²) in [5.74, 6) is 0. The highest BCUT2D eigenvalue weighted by molar-refractivity contribution is 6.56. The lowest BCUT2D eigenvalue weighted by atomic mass is 10.0. The maximum atomic E-state index is 9.21. The molecule has 0 aliphatic heterocycles. The molecule has 0 spiro atoms. The number of rotatable bonds is 22. The Kier molecular flexibility index (Phi) is 18.5. The maximum absolute atomic E-state index is 9.21. The fraction of sp³-hybridized carbons (Fsp3) is 1.00. The third kappa shape index (κ3) is 21.6. The van der Waals surface area contributed by atoms with Gasteiger partial charge in [-0.2, -0.15) is 0 Å². The van der Waals surface area contributed by atoms with Gasteiger partial charge in [-0.15, -0.1) is 0 Å². The monoisotopic (exact) mass is 461 g/mol. The number of hydrogen-bond donors (Lipinski definition) is 3. The predicted octanol–water partition coefficient (Wildman–Crippen LogP) is 5.17. The van der Waals surface area contributed by atoms with E-state index in [0.29, 0.717) is 12.5 Å². The fourth-order valence-electron chi connectivity index (χ4n) is 4.49. The molecule has 0 aromatic heterocycles. The molecule has 0 bridgehead atoms. The molecule has 0 heterocycles. The van der Waals surface area contributed by atoms with Crippen molar-refractivity contribution in [2.24, 2.45) is 0 Å². The number of likely N-dealkylation sites (N-methyl/N-ethyl adjacent to an activating group) is 2. The first-order valence-electron chi connectivity index (χ1n) is 13.2. The summed E-state index contributed by atoms with van der Waals surface area (Å²) in [6, 6.07) is 0.687. The van der Waals surface area contributed by atoms with Gasteiger partial charge in [0.25, 0.3) is 0 Å². The molecule has 1 unspecified atom stereocenters. The Morgan fingerprint density at radius 2 is 1.10 bits per heavy atom. The summed E-state index contributed by atoms with van der Waals surface area (Å²) in [4.78, 5) is 30.0. The van der Waals surface area contributed by atoms with Crippen LogP contribution in [0.5, 0.6) is 0 Å². The highest BCUT2D eigenvalue weighted by atomic mass is 28.4. The maximum Gasteiger partial charge on any atom is 0.492 e. The van der Waals surface area contributed by atoms with Crippen LogP contribution in [0, 0.1) is 0 Å². The lowest BCUT2D eigenvalue weighted by Crippen LogP contribution is -2.50. The summed E-state index contributed by atoms with van der Waals surface area (Å²) >= 11 is 0. The summed E-state index contributed by atoms with van der Waals surface area (Å²) in [6.45, 7) is 4.20. The van der Waals surface area contributed by atoms with Crippen molar-refractivity contribution in [1.82, 2.24) is 4.90 Å². The summed E-state index contributed by atoms with van der Waals surface area (Å²) in [5.41, 5.74) is 0. The second-order valence-electron chi connectivity index (χ2n) is 10.7. The van der Waals surface area contributed by atoms with Crippen LogP contribution in [-0.4, -0.2) is 79.9 Å². The predicted molar refractivity (Wildman–Crippen MR) is 136 cm³/mol. The molecule has 0 aromatic rings. The molecule has 0 saturated carbocycles. The van der Waals surface area contributed by atoms with Gasteiger partial charge in [-0.05, 0) is 20.5 Å². The Morgan fingerprint density at radius 3 is 1.48 bits per heavy atom. The van der Waals surface area contributed by atoms with E-state index in [1.807, 2.05) is 0 Å². The van der Waals surface area contributed by atoms with Crippen molar-refractivity contribution >= 4 is 8.80 Å². The lowest BCUT2D eigenvalue weighted by Gasteiger charge is -2.36. The van der Waals surface area contributed by atoms with Gasteiger partial charge >= 0.3 is 8.80 Å². The molecule has 1 atom stereocenters. The van der Waals surface area contributed by atoms with Crippen molar-refractivity contribution in [3.8, 4) is 0 Å². The quantitative estimate of drug-likeness (QED) is 0.118. The van der Waals surface area contributed by atoms with E-state index in [9.17, 15) is 14.4 Å². The molecule has 0 aliphatic carbocycles. The smallest absolute Gasteiger partial charge is 0.390 e. The van der Waals surface area contributed by atoms with Crippen LogP contribution in [0.4, 0.5) is 0 Å². The van der Waals surface area contributed by atoms with Crippen LogP contribution in [0.3, 0.4) is 0 Å². The second kappa shape index (κ2) is 18.4. The Hall–Kier alpha value is 0.0169. The van der Waals surface area contributed by atoms with Gasteiger partial charge in [-0.1, -0.05) is 96.8 Å². The second-order valence-corrected chi connectivity index (χ2v) is 12.8. The first-order chi connectivity index (χ1) is 14.6. The van der Waals surface area contributed by atoms with Gasteiger partial charge in [-0.25, -0.2) is 0 Å². The van der Waals surface area contributed by atoms with Crippen molar-refractivity contribution in [3.05, 3.63) is 0 Å². The largest absolute Gasteiger partial charge is 0.492 e. The molecule has 0 rings (SSSR count). The van der Waals surface area contributed by atoms with Gasteiger partial charge < -0.3 is 23.8 Å². The minimum Gasteiger partial charge on any atom is -0.390 e. The van der Waals surface area contributed by atoms with Crippen LogP contribution in [-0.2, 0) is 0 Å². The summed E-state index contributed by atoms with van der Waals surface area (Å²) in [5, 5.41) is 0. The summed E-state index contributed by atoms with van der Waals surface area (Å²) in [6.07, 6.45) is 21.5. The standard InChI is InChI=1S/C25H57N2O3Si/c1-6-7-8-9-10-11-12-13-14-15-16-17-18-19-21-25(26(2)3)24-27(4,5)22-20-23-31(28,29)30/h25,28-30H,6-24H2,1-5H3/q+1. The fourth-order valence-corrected chi connectivity index (χ4v) is 5.13. The minimum absolute atomic E-state index is 0.139. The van der Waals surface area contributed by atoms with E-state index in [1.54, 1.807) is 0 Å². The molecular formula is C25H57N2O3Si+. The molecular weight excluding hydrogens is 404 g/mol. The van der Waals surface area contributed by atoms with Gasteiger partial charge in [-0.3, -0.25) is 0 Å². The third-order valence-electron chi connectivity index (χ3n) is 6.60. The normalized spacial score (nSPS) is 13.8. The van der Waals surface area contributed by atoms with Crippen molar-refractivity contribution in [2.45, 2.75) is 122 Å². The van der Waals surface area contributed by atoms with Crippen LogP contribution in [0.2, 0.25) is 6.04 Å². The Morgan fingerprint density at radius 1 is 0.677 bits per heavy atom. The molecule has 0 radical (unpaired) electrons. The van der Waals surface area contributed by atoms with Gasteiger partial charge in [0.15, 0.2) is 0 Å². The average Bonchev–Trinajstić information content (AvgIpc) is 2.65. The van der Waals surface area contributed by atoms with Gasteiger partial charge in [0, 0.05) is 12.5 Å². The van der Waals surface area contributed by atoms with Crippen LogP contribution in [0.25, 0.3) is 0 Å². The number of nitrogens with zero attached hydrogens (tertiary/aromatic N) is 2. The number of hydrogen-bond acceptors (Lipinski definition) is 4. The van der Waals surface area contributed by atoms with Crippen LogP contribution in [0.15, 0.2) is 0 Å². The average molecular weight is 462 g/mol. The van der Waals surface area contributed by atoms with E-state index in [-0.39, 0.29) is 6.04 Å². The molecule has 0 aliphatic rings. The van der Waals surface area contributed by atoms with Crippen molar-refractivity contribution in [2.75, 3.05) is 41.3 Å². The summed E-state index contributed by atoms with van der Waals surface area (Å²) < 4.78 is 0.853. The molecule has 6 heteroatoms. The SMILES string of the molecule is CCCCCCCCCCCCCCCCC(C[N+](C)(C)CCC[Si](O)(O)O)N(C)C. The van der Waals surface area contributed by atoms with Crippen molar-refractivity contribution < 1.29 is 18.9 Å². The number of quaternary nitrogens is 1. The van der Waals surface area contributed by atoms with Crippen LogP contribution in [0.1, 0.15) is 110 Å². The van der Waals surface area contributed by atoms with Crippen LogP contribution < -0.4 is 0 Å². The molecule has 0 aromatic carbocycles. The van der Waals surface area contributed by atoms with Crippen LogP contribution >= 0.6 is 0 Å². The zero-order valence-corrected chi connectivity index (χ0v) is 22.7. The van der Waals surface area contributed by atoms with Crippen molar-refractivity contribution in [3.63, 3.8) is 0 Å². The molecule has 188 valence electrons. The highest BCUT2D eigenvalue weighted by Crippen LogP contribution is 2.16. The van der Waals surface area contributed by atoms with Crippen molar-refractivity contribution in [1.29, 1.82) is 0 Å². The molecule has 0 amide bonds. The van der Waals surface area contributed by atoms with E-state index in [4.69, 9.17) is 0 Å². The van der Waals surface area contributed by atoms with E-state index >= 15 is 0 Å². The van der Waals surface area contributed by atoms with E-state index in [0.717, 1.165) is 17.6 Å². The van der Waals surface area contributed by atoms with E-state index in [2.05, 4.69) is 40.0 Å².